The molecule has 0 aliphatic heterocycles. The van der Waals surface area contributed by atoms with Crippen molar-refractivity contribution in [3.63, 3.8) is 0 Å². The maximum Gasteiger partial charge on any atom is 0.160 e. The number of nitrogens with two attached hydrogens (primary N) is 1. The Balaban J connectivity index is 2.82. The van der Waals surface area contributed by atoms with Gasteiger partial charge in [-0.25, -0.2) is 0 Å². The van der Waals surface area contributed by atoms with Gasteiger partial charge in [-0.15, -0.1) is 11.3 Å². The fraction of sp³-hybridized carbons (Fsp3) is 0. The van der Waals surface area contributed by atoms with E-state index in [9.17, 15) is 4.79 Å². The molecule has 0 radical (unpaired) electrons. The van der Waals surface area contributed by atoms with Gasteiger partial charge in [0.05, 0.1) is 4.88 Å². The fourth-order valence-electron chi connectivity index (χ4n) is 1.21. The number of carbonyl (C=O) groups excluding carboxylic acids is 1. The Hall–Kier alpha value is -0.870. The van der Waals surface area contributed by atoms with Gasteiger partial charge in [0, 0.05) is 20.2 Å². The average molecular weight is 256 g/mol. The summed E-state index contributed by atoms with van der Waals surface area (Å²) >= 11 is 4.80. The van der Waals surface area contributed by atoms with Gasteiger partial charge in [0.15, 0.2) is 6.29 Å². The molecule has 4 heteroatoms. The molecule has 0 unspecified atom stereocenters. The van der Waals surface area contributed by atoms with Crippen LogP contribution in [-0.4, -0.2) is 6.29 Å². The minimum atomic E-state index is 0.703. The second-order valence-electron chi connectivity index (χ2n) is 2.67. The van der Waals surface area contributed by atoms with E-state index in [1.54, 1.807) is 0 Å². The van der Waals surface area contributed by atoms with Crippen molar-refractivity contribution in [1.82, 2.24) is 0 Å². The third kappa shape index (κ3) is 1.47. The number of hydrogen-bond donors (Lipinski definition) is 1. The molecule has 13 heavy (non-hydrogen) atoms. The maximum atomic E-state index is 10.5. The van der Waals surface area contributed by atoms with Crippen LogP contribution in [0.15, 0.2) is 22.7 Å². The van der Waals surface area contributed by atoms with Crippen LogP contribution >= 0.6 is 27.3 Å². The molecule has 1 aromatic heterocycles. The highest BCUT2D eigenvalue weighted by atomic mass is 79.9. The second-order valence-corrected chi connectivity index (χ2v) is 4.70. The van der Waals surface area contributed by atoms with Crippen molar-refractivity contribution in [2.45, 2.75) is 0 Å². The van der Waals surface area contributed by atoms with Crippen molar-refractivity contribution in [2.24, 2.45) is 0 Å². The Bertz CT molecular complexity index is 478. The van der Waals surface area contributed by atoms with E-state index >= 15 is 0 Å². The summed E-state index contributed by atoms with van der Waals surface area (Å²) in [6.45, 7) is 0. The van der Waals surface area contributed by atoms with E-state index in [1.807, 2.05) is 18.2 Å². The molecule has 2 rings (SSSR count). The summed E-state index contributed by atoms with van der Waals surface area (Å²) in [4.78, 5) is 11.2. The van der Waals surface area contributed by atoms with E-state index in [-0.39, 0.29) is 0 Å². The second kappa shape index (κ2) is 3.12. The van der Waals surface area contributed by atoms with Gasteiger partial charge in [-0.3, -0.25) is 4.79 Å². The Morgan fingerprint density at radius 2 is 2.15 bits per heavy atom. The van der Waals surface area contributed by atoms with Crippen molar-refractivity contribution in [3.8, 4) is 0 Å². The number of halogens is 1. The zero-order valence-corrected chi connectivity index (χ0v) is 8.98. The zero-order chi connectivity index (χ0) is 9.42. The molecule has 2 aromatic rings. The van der Waals surface area contributed by atoms with E-state index in [4.69, 9.17) is 5.73 Å². The summed E-state index contributed by atoms with van der Waals surface area (Å²) in [7, 11) is 0. The number of fused-ring (bicyclic) bond motifs is 1. The lowest BCUT2D eigenvalue weighted by molar-refractivity contribution is 0.112. The van der Waals surface area contributed by atoms with Crippen LogP contribution in [0.1, 0.15) is 9.67 Å². The number of aldehydes is 1. The average Bonchev–Trinajstić information content (AvgIpc) is 2.47. The first-order chi connectivity index (χ1) is 6.20. The highest BCUT2D eigenvalue weighted by molar-refractivity contribution is 9.10. The van der Waals surface area contributed by atoms with Crippen LogP contribution in [0.25, 0.3) is 10.1 Å². The van der Waals surface area contributed by atoms with Gasteiger partial charge in [-0.1, -0.05) is 15.9 Å². The largest absolute Gasteiger partial charge is 0.398 e. The summed E-state index contributed by atoms with van der Waals surface area (Å²) < 4.78 is 1.98. The van der Waals surface area contributed by atoms with Gasteiger partial charge in [-0.2, -0.15) is 0 Å². The van der Waals surface area contributed by atoms with Crippen LogP contribution < -0.4 is 5.73 Å². The Morgan fingerprint density at radius 3 is 2.85 bits per heavy atom. The molecule has 0 aliphatic carbocycles. The summed E-state index contributed by atoms with van der Waals surface area (Å²) in [6, 6.07) is 5.61. The minimum absolute atomic E-state index is 0.703. The quantitative estimate of drug-likeness (QED) is 0.629. The molecule has 66 valence electrons. The van der Waals surface area contributed by atoms with Crippen molar-refractivity contribution in [3.05, 3.63) is 27.5 Å². The molecule has 0 saturated carbocycles. The molecule has 1 aromatic carbocycles. The molecular weight excluding hydrogens is 250 g/mol. The van der Waals surface area contributed by atoms with Crippen molar-refractivity contribution in [2.75, 3.05) is 5.73 Å². The standard InChI is InChI=1S/C9H6BrNOS/c10-5-1-8(11)7-3-6(4-12)13-9(7)2-5/h1-4H,11H2. The van der Waals surface area contributed by atoms with Gasteiger partial charge in [0.2, 0.25) is 0 Å². The third-order valence-corrected chi connectivity index (χ3v) is 3.23. The van der Waals surface area contributed by atoms with Crippen LogP contribution in [-0.2, 0) is 0 Å². The molecule has 1 heterocycles. The zero-order valence-electron chi connectivity index (χ0n) is 6.58. The lowest BCUT2D eigenvalue weighted by atomic mass is 10.2. The van der Waals surface area contributed by atoms with Crippen molar-refractivity contribution < 1.29 is 4.79 Å². The molecule has 2 N–H and O–H groups in total. The number of benzene rings is 1. The highest BCUT2D eigenvalue weighted by Crippen LogP contribution is 2.32. The fourth-order valence-corrected chi connectivity index (χ4v) is 2.79. The number of hydrogen-bond acceptors (Lipinski definition) is 3. The third-order valence-electron chi connectivity index (χ3n) is 1.77. The smallest absolute Gasteiger partial charge is 0.160 e. The lowest BCUT2D eigenvalue weighted by Crippen LogP contribution is -1.83. The molecule has 0 saturated heterocycles. The highest BCUT2D eigenvalue weighted by Gasteiger charge is 2.04. The maximum absolute atomic E-state index is 10.5. The Morgan fingerprint density at radius 1 is 1.38 bits per heavy atom. The Kier molecular flexibility index (Phi) is 2.09. The molecule has 0 fully saturated rings. The number of nitrogen functional groups attached to an aromatic ring is 1. The van der Waals surface area contributed by atoms with E-state index in [0.29, 0.717) is 10.6 Å². The SMILES string of the molecule is Nc1cc(Br)cc2sc(C=O)cc12. The van der Waals surface area contributed by atoms with E-state index in [1.165, 1.54) is 11.3 Å². The summed E-state index contributed by atoms with van der Waals surface area (Å²) in [5.74, 6) is 0. The van der Waals surface area contributed by atoms with E-state index < -0.39 is 0 Å². The molecule has 0 spiro atoms. The van der Waals surface area contributed by atoms with Crippen LogP contribution in [0.4, 0.5) is 5.69 Å². The molecular formula is C9H6BrNOS. The van der Waals surface area contributed by atoms with Crippen LogP contribution in [0.3, 0.4) is 0 Å². The first-order valence-electron chi connectivity index (χ1n) is 3.64. The van der Waals surface area contributed by atoms with Crippen LogP contribution in [0.5, 0.6) is 0 Å². The van der Waals surface area contributed by atoms with Gasteiger partial charge in [0.25, 0.3) is 0 Å². The number of thiophene rings is 1. The van der Waals surface area contributed by atoms with E-state index in [2.05, 4.69) is 15.9 Å². The summed E-state index contributed by atoms with van der Waals surface area (Å²) in [5, 5.41) is 0.954. The van der Waals surface area contributed by atoms with E-state index in [0.717, 1.165) is 20.8 Å². The van der Waals surface area contributed by atoms with Gasteiger partial charge in [-0.05, 0) is 18.2 Å². The molecule has 0 aliphatic rings. The normalized spacial score (nSPS) is 10.5. The first-order valence-corrected chi connectivity index (χ1v) is 5.25. The Labute approximate surface area is 87.5 Å². The predicted molar refractivity (Wildman–Crippen MR) is 59.3 cm³/mol. The van der Waals surface area contributed by atoms with Crippen LogP contribution in [0, 0.1) is 0 Å². The van der Waals surface area contributed by atoms with Gasteiger partial charge < -0.3 is 5.73 Å². The van der Waals surface area contributed by atoms with Gasteiger partial charge >= 0.3 is 0 Å². The van der Waals surface area contributed by atoms with Crippen LogP contribution in [0.2, 0.25) is 0 Å². The minimum Gasteiger partial charge on any atom is -0.398 e. The van der Waals surface area contributed by atoms with Crippen molar-refractivity contribution in [1.29, 1.82) is 0 Å². The molecule has 0 bridgehead atoms. The number of carbonyl (C=O) groups is 1. The molecule has 0 atom stereocenters. The number of anilines is 1. The predicted octanol–water partition coefficient (Wildman–Crippen LogP) is 3.06. The van der Waals surface area contributed by atoms with Gasteiger partial charge in [0.1, 0.15) is 0 Å². The summed E-state index contributed by atoms with van der Waals surface area (Å²) in [6.07, 6.45) is 0.845. The monoisotopic (exact) mass is 255 g/mol. The molecule has 2 nitrogen and oxygen atoms in total. The lowest BCUT2D eigenvalue weighted by Gasteiger charge is -1.96. The summed E-state index contributed by atoms with van der Waals surface area (Å²) in [5.41, 5.74) is 6.49. The molecule has 0 amide bonds. The number of rotatable bonds is 1. The van der Waals surface area contributed by atoms with Crippen molar-refractivity contribution >= 4 is 49.3 Å². The topological polar surface area (TPSA) is 43.1 Å². The first kappa shape index (κ1) is 8.72.